The first-order valence-electron chi connectivity index (χ1n) is 9.09. The Bertz CT molecular complexity index is 880. The van der Waals surface area contributed by atoms with Crippen LogP contribution in [0.4, 0.5) is 4.39 Å². The van der Waals surface area contributed by atoms with Crippen LogP contribution in [0.3, 0.4) is 0 Å². The van der Waals surface area contributed by atoms with E-state index in [4.69, 9.17) is 11.6 Å². The summed E-state index contributed by atoms with van der Waals surface area (Å²) in [5, 5.41) is 7.40. The Morgan fingerprint density at radius 1 is 1.41 bits per heavy atom. The van der Waals surface area contributed by atoms with Crippen molar-refractivity contribution in [1.82, 2.24) is 20.1 Å². The predicted molar refractivity (Wildman–Crippen MR) is 102 cm³/mol. The zero-order chi connectivity index (χ0) is 19.6. The van der Waals surface area contributed by atoms with E-state index in [0.29, 0.717) is 21.8 Å². The molecule has 1 saturated carbocycles. The molecule has 0 aliphatic heterocycles. The second-order valence-electron chi connectivity index (χ2n) is 7.84. The molecular formula is C19H24ClFN4O2. The van der Waals surface area contributed by atoms with Crippen LogP contribution in [-0.2, 0) is 11.3 Å². The summed E-state index contributed by atoms with van der Waals surface area (Å²) >= 11 is 6.29. The Balaban J connectivity index is 1.83. The Morgan fingerprint density at radius 3 is 2.78 bits per heavy atom. The van der Waals surface area contributed by atoms with Gasteiger partial charge in [-0.15, -0.1) is 5.10 Å². The maximum absolute atomic E-state index is 12.4. The number of nitrogens with one attached hydrogen (secondary N) is 2. The highest BCUT2D eigenvalue weighted by Gasteiger charge is 2.29. The van der Waals surface area contributed by atoms with Crippen molar-refractivity contribution in [3.63, 3.8) is 0 Å². The molecule has 1 amide bonds. The first-order valence-corrected chi connectivity index (χ1v) is 9.47. The fourth-order valence-corrected chi connectivity index (χ4v) is 3.65. The topological polar surface area (TPSA) is 79.8 Å². The molecule has 6 nitrogen and oxygen atoms in total. The highest BCUT2D eigenvalue weighted by Crippen LogP contribution is 2.39. The van der Waals surface area contributed by atoms with Gasteiger partial charge in [0.1, 0.15) is 0 Å². The van der Waals surface area contributed by atoms with Crippen LogP contribution < -0.4 is 11.0 Å². The van der Waals surface area contributed by atoms with Crippen LogP contribution in [0, 0.1) is 5.41 Å². The lowest BCUT2D eigenvalue weighted by molar-refractivity contribution is -0.122. The fraction of sp³-hybridized carbons (Fsp3) is 0.526. The summed E-state index contributed by atoms with van der Waals surface area (Å²) in [6.07, 6.45) is 3.94. The fourth-order valence-electron chi connectivity index (χ4n) is 3.45. The van der Waals surface area contributed by atoms with Crippen LogP contribution in [0.25, 0.3) is 11.4 Å². The molecule has 0 bridgehead atoms. The van der Waals surface area contributed by atoms with Gasteiger partial charge in [0.2, 0.25) is 0 Å². The van der Waals surface area contributed by atoms with Crippen molar-refractivity contribution in [3.8, 4) is 11.4 Å². The minimum absolute atomic E-state index is 0.0846. The normalized spacial score (nSPS) is 17.0. The van der Waals surface area contributed by atoms with Crippen LogP contribution in [0.1, 0.15) is 51.1 Å². The van der Waals surface area contributed by atoms with E-state index in [1.54, 1.807) is 18.2 Å². The molecule has 27 heavy (non-hydrogen) atoms. The van der Waals surface area contributed by atoms with Gasteiger partial charge in [0, 0.05) is 12.1 Å². The lowest BCUT2D eigenvalue weighted by atomic mass is 9.76. The van der Waals surface area contributed by atoms with Crippen LogP contribution in [-0.4, -0.2) is 27.3 Å². The van der Waals surface area contributed by atoms with E-state index in [9.17, 15) is 14.0 Å². The van der Waals surface area contributed by atoms with Gasteiger partial charge in [0.25, 0.3) is 5.91 Å². The van der Waals surface area contributed by atoms with Crippen molar-refractivity contribution in [2.75, 3.05) is 6.67 Å². The van der Waals surface area contributed by atoms with E-state index in [1.165, 1.54) is 4.68 Å². The van der Waals surface area contributed by atoms with E-state index in [2.05, 4.69) is 29.2 Å². The number of rotatable bonds is 5. The summed E-state index contributed by atoms with van der Waals surface area (Å²) in [5.41, 5.74) is 1.38. The van der Waals surface area contributed by atoms with Crippen LogP contribution >= 0.6 is 11.6 Å². The first kappa shape index (κ1) is 19.6. The number of halogens is 2. The highest BCUT2D eigenvalue weighted by molar-refractivity contribution is 6.33. The van der Waals surface area contributed by atoms with Gasteiger partial charge >= 0.3 is 5.69 Å². The zero-order valence-electron chi connectivity index (χ0n) is 15.5. The van der Waals surface area contributed by atoms with Gasteiger partial charge in [-0.3, -0.25) is 9.78 Å². The van der Waals surface area contributed by atoms with E-state index >= 15 is 0 Å². The van der Waals surface area contributed by atoms with Crippen molar-refractivity contribution in [1.29, 1.82) is 0 Å². The molecule has 1 aromatic carbocycles. The molecule has 1 aromatic heterocycles. The summed E-state index contributed by atoms with van der Waals surface area (Å²) in [6, 6.07) is 5.24. The van der Waals surface area contributed by atoms with Gasteiger partial charge in [-0.25, -0.2) is 13.9 Å². The molecule has 1 aliphatic rings. The Labute approximate surface area is 162 Å². The maximum Gasteiger partial charge on any atom is 0.343 e. The number of hydrogen-bond acceptors (Lipinski definition) is 3. The lowest BCUT2D eigenvalue weighted by Crippen LogP contribution is -2.29. The standard InChI is InChI=1S/C19H24ClFN4O2/c1-19(2)7-5-13(6-8-19)25-18(27)23-17(24-25)14-9-12(3-4-15(14)20)11-22-16(26)10-21/h3-4,9,13H,5-8,10-11H2,1-2H3,(H,22,26)(H,23,24,27). The highest BCUT2D eigenvalue weighted by atomic mass is 35.5. The molecule has 0 spiro atoms. The molecule has 3 rings (SSSR count). The summed E-state index contributed by atoms with van der Waals surface area (Å²) in [4.78, 5) is 26.3. The van der Waals surface area contributed by atoms with Crippen molar-refractivity contribution in [2.45, 2.75) is 52.1 Å². The largest absolute Gasteiger partial charge is 0.350 e. The number of alkyl halides is 1. The van der Waals surface area contributed by atoms with Gasteiger partial charge in [0.05, 0.1) is 11.1 Å². The SMILES string of the molecule is CC1(C)CCC(n2nc(-c3cc(CNC(=O)CF)ccc3Cl)[nH]c2=O)CC1. The summed E-state index contributed by atoms with van der Waals surface area (Å²) in [6.45, 7) is 3.61. The van der Waals surface area contributed by atoms with Crippen LogP contribution in [0.2, 0.25) is 5.02 Å². The van der Waals surface area contributed by atoms with Gasteiger partial charge < -0.3 is 5.32 Å². The average Bonchev–Trinajstić information content (AvgIpc) is 3.02. The minimum Gasteiger partial charge on any atom is -0.350 e. The minimum atomic E-state index is -1.06. The van der Waals surface area contributed by atoms with Gasteiger partial charge in [-0.05, 0) is 48.8 Å². The molecule has 1 heterocycles. The first-order chi connectivity index (χ1) is 12.8. The lowest BCUT2D eigenvalue weighted by Gasteiger charge is -2.33. The number of hydrogen-bond donors (Lipinski definition) is 2. The summed E-state index contributed by atoms with van der Waals surface area (Å²) < 4.78 is 13.8. The molecular weight excluding hydrogens is 371 g/mol. The number of carbonyl (C=O) groups excluding carboxylic acids is 1. The maximum atomic E-state index is 12.4. The third kappa shape index (κ3) is 4.58. The van der Waals surface area contributed by atoms with E-state index in [-0.39, 0.29) is 18.3 Å². The Kier molecular flexibility index (Phi) is 5.69. The van der Waals surface area contributed by atoms with Gasteiger partial charge in [0.15, 0.2) is 12.5 Å². The van der Waals surface area contributed by atoms with E-state index in [1.807, 2.05) is 0 Å². The van der Waals surface area contributed by atoms with Crippen molar-refractivity contribution >= 4 is 17.5 Å². The van der Waals surface area contributed by atoms with Crippen molar-refractivity contribution in [3.05, 3.63) is 39.3 Å². The smallest absolute Gasteiger partial charge is 0.343 e. The average molecular weight is 395 g/mol. The number of carbonyl (C=O) groups is 1. The number of H-pyrrole nitrogens is 1. The number of benzene rings is 1. The van der Waals surface area contributed by atoms with Crippen molar-refractivity contribution in [2.24, 2.45) is 5.41 Å². The molecule has 2 N–H and O–H groups in total. The van der Waals surface area contributed by atoms with Crippen LogP contribution in [0.5, 0.6) is 0 Å². The van der Waals surface area contributed by atoms with Crippen LogP contribution in [0.15, 0.2) is 23.0 Å². The van der Waals surface area contributed by atoms with E-state index < -0.39 is 12.6 Å². The van der Waals surface area contributed by atoms with E-state index in [0.717, 1.165) is 31.2 Å². The predicted octanol–water partition coefficient (Wildman–Crippen LogP) is 3.62. The molecule has 0 radical (unpaired) electrons. The van der Waals surface area contributed by atoms with Gasteiger partial charge in [-0.1, -0.05) is 31.5 Å². The molecule has 0 unspecified atom stereocenters. The van der Waals surface area contributed by atoms with Gasteiger partial charge in [-0.2, -0.15) is 0 Å². The monoisotopic (exact) mass is 394 g/mol. The molecule has 1 aliphatic carbocycles. The number of aromatic nitrogens is 3. The molecule has 8 heteroatoms. The number of amides is 1. The molecule has 1 fully saturated rings. The molecule has 0 saturated heterocycles. The quantitative estimate of drug-likeness (QED) is 0.812. The zero-order valence-corrected chi connectivity index (χ0v) is 16.3. The third-order valence-electron chi connectivity index (χ3n) is 5.19. The number of aromatic amines is 1. The second-order valence-corrected chi connectivity index (χ2v) is 8.25. The molecule has 146 valence electrons. The molecule has 2 aromatic rings. The second kappa shape index (κ2) is 7.84. The van der Waals surface area contributed by atoms with Crippen molar-refractivity contribution < 1.29 is 9.18 Å². The Morgan fingerprint density at radius 2 is 2.11 bits per heavy atom. The Hall–Kier alpha value is -2.15. The third-order valence-corrected chi connectivity index (χ3v) is 5.52. The summed E-state index contributed by atoms with van der Waals surface area (Å²) in [7, 11) is 0. The number of nitrogens with zero attached hydrogens (tertiary/aromatic N) is 2. The molecule has 0 atom stereocenters. The summed E-state index contributed by atoms with van der Waals surface area (Å²) in [5.74, 6) is -0.280.